The van der Waals surface area contributed by atoms with E-state index in [1.807, 2.05) is 47.0 Å². The van der Waals surface area contributed by atoms with Crippen molar-refractivity contribution in [3.63, 3.8) is 0 Å². The van der Waals surface area contributed by atoms with Gasteiger partial charge in [0.15, 0.2) is 10.9 Å². The van der Waals surface area contributed by atoms with Gasteiger partial charge in [0.2, 0.25) is 11.7 Å². The number of hydrogen-bond donors (Lipinski definition) is 1. The van der Waals surface area contributed by atoms with Gasteiger partial charge in [-0.1, -0.05) is 54.2 Å². The standard InChI is InChI=1S/C26H27N5O3S/c32-24(27-22-10-8-21(9-11-22)17-30-12-15-33-16-13-30)19-35-26-29-28-25(23-7-4-14-34-23)31(26)18-20-5-2-1-3-6-20/h1-11,14H,12-13,15-19H2,(H,27,32). The van der Waals surface area contributed by atoms with Crippen LogP contribution in [0.15, 0.2) is 82.6 Å². The van der Waals surface area contributed by atoms with Crippen molar-refractivity contribution in [3.05, 3.63) is 84.1 Å². The fraction of sp³-hybridized carbons (Fsp3) is 0.269. The first-order valence-corrected chi connectivity index (χ1v) is 12.6. The molecule has 1 amide bonds. The second-order valence-corrected chi connectivity index (χ2v) is 9.22. The largest absolute Gasteiger partial charge is 0.461 e. The summed E-state index contributed by atoms with van der Waals surface area (Å²) in [6, 6.07) is 21.8. The number of carbonyl (C=O) groups is 1. The number of benzene rings is 2. The number of ether oxygens (including phenoxy) is 1. The lowest BCUT2D eigenvalue weighted by molar-refractivity contribution is -0.113. The van der Waals surface area contributed by atoms with E-state index in [1.165, 1.54) is 17.3 Å². The van der Waals surface area contributed by atoms with Crippen molar-refractivity contribution < 1.29 is 13.9 Å². The number of hydrogen-bond acceptors (Lipinski definition) is 7. The predicted octanol–water partition coefficient (Wildman–Crippen LogP) is 4.15. The molecule has 0 aliphatic carbocycles. The topological polar surface area (TPSA) is 85.4 Å². The number of furan rings is 1. The van der Waals surface area contributed by atoms with Gasteiger partial charge in [0.1, 0.15) is 0 Å². The van der Waals surface area contributed by atoms with E-state index >= 15 is 0 Å². The molecular weight excluding hydrogens is 462 g/mol. The number of carbonyl (C=O) groups excluding carboxylic acids is 1. The normalized spacial score (nSPS) is 14.2. The summed E-state index contributed by atoms with van der Waals surface area (Å²) >= 11 is 1.36. The van der Waals surface area contributed by atoms with Gasteiger partial charge in [-0.05, 0) is 35.4 Å². The molecule has 1 aliphatic heterocycles. The van der Waals surface area contributed by atoms with Gasteiger partial charge in [-0.25, -0.2) is 0 Å². The van der Waals surface area contributed by atoms with Crippen molar-refractivity contribution in [2.24, 2.45) is 0 Å². The van der Waals surface area contributed by atoms with E-state index in [-0.39, 0.29) is 11.7 Å². The van der Waals surface area contributed by atoms with Gasteiger partial charge in [-0.2, -0.15) is 0 Å². The number of aromatic nitrogens is 3. The molecule has 1 saturated heterocycles. The smallest absolute Gasteiger partial charge is 0.234 e. The molecular formula is C26H27N5O3S. The Balaban J connectivity index is 1.21. The molecule has 4 aromatic rings. The SMILES string of the molecule is O=C(CSc1nnc(-c2ccco2)n1Cc1ccccc1)Nc1ccc(CN2CCOCC2)cc1. The molecule has 0 saturated carbocycles. The van der Waals surface area contributed by atoms with Crippen molar-refractivity contribution in [2.45, 2.75) is 18.2 Å². The number of anilines is 1. The van der Waals surface area contributed by atoms with E-state index in [0.29, 0.717) is 23.3 Å². The van der Waals surface area contributed by atoms with E-state index in [9.17, 15) is 4.79 Å². The maximum Gasteiger partial charge on any atom is 0.234 e. The number of rotatable bonds is 9. The zero-order chi connectivity index (χ0) is 23.9. The first kappa shape index (κ1) is 23.3. The molecule has 1 N–H and O–H groups in total. The fourth-order valence-electron chi connectivity index (χ4n) is 3.93. The number of nitrogens with zero attached hydrogens (tertiary/aromatic N) is 4. The summed E-state index contributed by atoms with van der Waals surface area (Å²) in [4.78, 5) is 15.0. The van der Waals surface area contributed by atoms with Crippen LogP contribution in [0.3, 0.4) is 0 Å². The Bertz CT molecular complexity index is 1220. The Morgan fingerprint density at radius 2 is 1.69 bits per heavy atom. The van der Waals surface area contributed by atoms with E-state index in [0.717, 1.165) is 44.1 Å². The molecule has 5 rings (SSSR count). The summed E-state index contributed by atoms with van der Waals surface area (Å²) in [5, 5.41) is 12.3. The number of thioether (sulfide) groups is 1. The lowest BCUT2D eigenvalue weighted by Crippen LogP contribution is -2.35. The van der Waals surface area contributed by atoms with Gasteiger partial charge >= 0.3 is 0 Å². The summed E-state index contributed by atoms with van der Waals surface area (Å²) < 4.78 is 12.9. The second-order valence-electron chi connectivity index (χ2n) is 8.28. The van der Waals surface area contributed by atoms with Crippen LogP contribution in [0.1, 0.15) is 11.1 Å². The quantitative estimate of drug-likeness (QED) is 0.354. The van der Waals surface area contributed by atoms with Crippen molar-refractivity contribution in [3.8, 4) is 11.6 Å². The Labute approximate surface area is 208 Å². The minimum Gasteiger partial charge on any atom is -0.461 e. The minimum absolute atomic E-state index is 0.0928. The van der Waals surface area contributed by atoms with Gasteiger partial charge in [0, 0.05) is 25.3 Å². The first-order chi connectivity index (χ1) is 17.2. The zero-order valence-electron chi connectivity index (χ0n) is 19.3. The highest BCUT2D eigenvalue weighted by atomic mass is 32.2. The van der Waals surface area contributed by atoms with Crippen LogP contribution >= 0.6 is 11.8 Å². The highest BCUT2D eigenvalue weighted by molar-refractivity contribution is 7.99. The van der Waals surface area contributed by atoms with E-state index in [1.54, 1.807) is 6.26 Å². The van der Waals surface area contributed by atoms with Gasteiger partial charge in [0.05, 0.1) is 31.8 Å². The van der Waals surface area contributed by atoms with Gasteiger partial charge in [-0.15, -0.1) is 10.2 Å². The van der Waals surface area contributed by atoms with Crippen molar-refractivity contribution in [1.29, 1.82) is 0 Å². The summed E-state index contributed by atoms with van der Waals surface area (Å²) in [5.74, 6) is 1.41. The maximum absolute atomic E-state index is 12.7. The van der Waals surface area contributed by atoms with Gasteiger partial charge < -0.3 is 14.5 Å². The molecule has 0 radical (unpaired) electrons. The highest BCUT2D eigenvalue weighted by Crippen LogP contribution is 2.26. The lowest BCUT2D eigenvalue weighted by Gasteiger charge is -2.26. The molecule has 2 aromatic heterocycles. The van der Waals surface area contributed by atoms with Crippen LogP contribution in [-0.2, 0) is 22.6 Å². The van der Waals surface area contributed by atoms with Gasteiger partial charge in [-0.3, -0.25) is 14.3 Å². The second kappa shape index (κ2) is 11.4. The monoisotopic (exact) mass is 489 g/mol. The third-order valence-corrected chi connectivity index (χ3v) is 6.69. The van der Waals surface area contributed by atoms with Crippen molar-refractivity contribution in [2.75, 3.05) is 37.4 Å². The van der Waals surface area contributed by atoms with Crippen LogP contribution < -0.4 is 5.32 Å². The molecule has 3 heterocycles. The molecule has 0 atom stereocenters. The minimum atomic E-state index is -0.0928. The van der Waals surface area contributed by atoms with Crippen molar-refractivity contribution in [1.82, 2.24) is 19.7 Å². The van der Waals surface area contributed by atoms with E-state index < -0.39 is 0 Å². The molecule has 0 unspecified atom stereocenters. The van der Waals surface area contributed by atoms with E-state index in [2.05, 4.69) is 44.7 Å². The van der Waals surface area contributed by atoms with Crippen LogP contribution in [0.2, 0.25) is 0 Å². The highest BCUT2D eigenvalue weighted by Gasteiger charge is 2.18. The number of morpholine rings is 1. The molecule has 35 heavy (non-hydrogen) atoms. The van der Waals surface area contributed by atoms with Crippen LogP contribution in [0, 0.1) is 0 Å². The predicted molar refractivity (Wildman–Crippen MR) is 135 cm³/mol. The molecule has 180 valence electrons. The van der Waals surface area contributed by atoms with Crippen LogP contribution in [0.4, 0.5) is 5.69 Å². The average Bonchev–Trinajstić information content (AvgIpc) is 3.55. The third kappa shape index (κ3) is 6.19. The third-order valence-electron chi connectivity index (χ3n) is 5.72. The van der Waals surface area contributed by atoms with Crippen molar-refractivity contribution >= 4 is 23.4 Å². The van der Waals surface area contributed by atoms with Gasteiger partial charge in [0.25, 0.3) is 0 Å². The number of nitrogens with one attached hydrogen (secondary N) is 1. The fourth-order valence-corrected chi connectivity index (χ4v) is 4.67. The summed E-state index contributed by atoms with van der Waals surface area (Å²) in [6.07, 6.45) is 1.61. The molecule has 0 spiro atoms. The lowest BCUT2D eigenvalue weighted by atomic mass is 10.2. The molecule has 8 nitrogen and oxygen atoms in total. The number of amides is 1. The van der Waals surface area contributed by atoms with Crippen LogP contribution in [-0.4, -0.2) is 57.6 Å². The molecule has 0 bridgehead atoms. The van der Waals surface area contributed by atoms with Crippen LogP contribution in [0.5, 0.6) is 0 Å². The Hall–Kier alpha value is -3.40. The molecule has 1 fully saturated rings. The average molecular weight is 490 g/mol. The first-order valence-electron chi connectivity index (χ1n) is 11.6. The Morgan fingerprint density at radius 3 is 2.43 bits per heavy atom. The Morgan fingerprint density at radius 1 is 0.914 bits per heavy atom. The summed E-state index contributed by atoms with van der Waals surface area (Å²) in [6.45, 7) is 4.95. The molecule has 2 aromatic carbocycles. The van der Waals surface area contributed by atoms with Crippen LogP contribution in [0.25, 0.3) is 11.6 Å². The Kier molecular flexibility index (Phi) is 7.57. The van der Waals surface area contributed by atoms with E-state index in [4.69, 9.17) is 9.15 Å². The maximum atomic E-state index is 12.7. The summed E-state index contributed by atoms with van der Waals surface area (Å²) in [5.41, 5.74) is 3.12. The molecule has 1 aliphatic rings. The summed E-state index contributed by atoms with van der Waals surface area (Å²) in [7, 11) is 0. The zero-order valence-corrected chi connectivity index (χ0v) is 20.1. The molecule has 9 heteroatoms.